The first-order valence-corrected chi connectivity index (χ1v) is 11.6. The highest BCUT2D eigenvalue weighted by Crippen LogP contribution is 2.33. The zero-order valence-electron chi connectivity index (χ0n) is 20.0. The van der Waals surface area contributed by atoms with Crippen molar-refractivity contribution in [3.05, 3.63) is 70.9 Å². The Labute approximate surface area is 200 Å². The summed E-state index contributed by atoms with van der Waals surface area (Å²) < 4.78 is 10.9. The number of amides is 2. The molecule has 1 saturated heterocycles. The van der Waals surface area contributed by atoms with Gasteiger partial charge in [-0.05, 0) is 32.0 Å². The molecule has 1 atom stereocenters. The van der Waals surface area contributed by atoms with Gasteiger partial charge < -0.3 is 25.0 Å². The van der Waals surface area contributed by atoms with Gasteiger partial charge in [-0.15, -0.1) is 0 Å². The molecule has 8 heteroatoms. The Hall–Kier alpha value is -3.52. The van der Waals surface area contributed by atoms with Crippen LogP contribution < -0.4 is 20.3 Å². The van der Waals surface area contributed by atoms with Crippen molar-refractivity contribution in [1.82, 2.24) is 15.5 Å². The van der Waals surface area contributed by atoms with Crippen LogP contribution in [0.15, 0.2) is 59.8 Å². The molecule has 180 valence electrons. The van der Waals surface area contributed by atoms with Gasteiger partial charge in [0.05, 0.1) is 25.3 Å². The van der Waals surface area contributed by atoms with Gasteiger partial charge in [-0.3, -0.25) is 4.90 Å². The quantitative estimate of drug-likeness (QED) is 0.613. The lowest BCUT2D eigenvalue weighted by atomic mass is 9.94. The molecule has 0 bridgehead atoms. The summed E-state index contributed by atoms with van der Waals surface area (Å²) in [5.74, 6) is 0.154. The molecule has 2 aliphatic heterocycles. The molecule has 2 aromatic rings. The lowest BCUT2D eigenvalue weighted by molar-refractivity contribution is -0.139. The first-order chi connectivity index (χ1) is 16.5. The summed E-state index contributed by atoms with van der Waals surface area (Å²) in [7, 11) is 1.57. The summed E-state index contributed by atoms with van der Waals surface area (Å²) in [6.45, 7) is 7.93. The van der Waals surface area contributed by atoms with Crippen LogP contribution in [0.2, 0.25) is 0 Å². The highest BCUT2D eigenvalue weighted by atomic mass is 16.5. The van der Waals surface area contributed by atoms with Crippen LogP contribution in [0.25, 0.3) is 0 Å². The Balaban J connectivity index is 1.57. The van der Waals surface area contributed by atoms with E-state index in [1.807, 2.05) is 24.3 Å². The zero-order chi connectivity index (χ0) is 24.1. The molecule has 0 aromatic heterocycles. The molecule has 0 aliphatic carbocycles. The fourth-order valence-corrected chi connectivity index (χ4v) is 4.47. The predicted molar refractivity (Wildman–Crippen MR) is 131 cm³/mol. The van der Waals surface area contributed by atoms with E-state index in [0.717, 1.165) is 26.2 Å². The van der Waals surface area contributed by atoms with E-state index in [1.54, 1.807) is 14.0 Å². The Morgan fingerprint density at radius 1 is 1.06 bits per heavy atom. The number of anilines is 1. The van der Waals surface area contributed by atoms with Crippen molar-refractivity contribution in [3.8, 4) is 5.75 Å². The van der Waals surface area contributed by atoms with Gasteiger partial charge in [0.2, 0.25) is 0 Å². The van der Waals surface area contributed by atoms with Crippen LogP contribution in [0, 0.1) is 6.92 Å². The number of rotatable bonds is 7. The number of nitrogens with one attached hydrogen (secondary N) is 2. The number of para-hydroxylation sites is 1. The van der Waals surface area contributed by atoms with E-state index >= 15 is 0 Å². The van der Waals surface area contributed by atoms with Crippen LogP contribution in [0.5, 0.6) is 5.75 Å². The van der Waals surface area contributed by atoms with E-state index in [-0.39, 0.29) is 12.6 Å². The van der Waals surface area contributed by atoms with Crippen molar-refractivity contribution < 1.29 is 19.1 Å². The highest BCUT2D eigenvalue weighted by molar-refractivity contribution is 5.95. The Morgan fingerprint density at radius 3 is 2.44 bits per heavy atom. The highest BCUT2D eigenvalue weighted by Gasteiger charge is 2.36. The fourth-order valence-electron chi connectivity index (χ4n) is 4.47. The topological polar surface area (TPSA) is 83.1 Å². The summed E-state index contributed by atoms with van der Waals surface area (Å²) in [6, 6.07) is 14.9. The predicted octanol–water partition coefficient (Wildman–Crippen LogP) is 3.00. The van der Waals surface area contributed by atoms with Crippen molar-refractivity contribution >= 4 is 17.7 Å². The number of piperazine rings is 1. The van der Waals surface area contributed by atoms with Crippen molar-refractivity contribution in [3.63, 3.8) is 0 Å². The third kappa shape index (κ3) is 5.17. The largest absolute Gasteiger partial charge is 0.496 e. The number of aryl methyl sites for hydroxylation is 1. The maximum atomic E-state index is 13.1. The van der Waals surface area contributed by atoms with Crippen LogP contribution in [-0.4, -0.2) is 63.3 Å². The molecule has 1 unspecified atom stereocenters. The van der Waals surface area contributed by atoms with Crippen LogP contribution in [0.4, 0.5) is 10.5 Å². The molecule has 0 spiro atoms. The number of nitrogens with zero attached hydrogens (tertiary/aromatic N) is 2. The number of urea groups is 1. The van der Waals surface area contributed by atoms with Gasteiger partial charge in [0.25, 0.3) is 0 Å². The average molecular weight is 465 g/mol. The summed E-state index contributed by atoms with van der Waals surface area (Å²) in [5.41, 5.74) is 4.15. The van der Waals surface area contributed by atoms with Gasteiger partial charge in [0, 0.05) is 49.7 Å². The summed E-state index contributed by atoms with van der Waals surface area (Å²) in [4.78, 5) is 30.3. The van der Waals surface area contributed by atoms with E-state index in [0.29, 0.717) is 29.1 Å². The number of carbonyl (C=O) groups excluding carboxylic acids is 2. The smallest absolute Gasteiger partial charge is 0.338 e. The second-order valence-corrected chi connectivity index (χ2v) is 8.48. The maximum Gasteiger partial charge on any atom is 0.338 e. The first-order valence-electron chi connectivity index (χ1n) is 11.6. The second-order valence-electron chi connectivity index (χ2n) is 8.48. The lowest BCUT2D eigenvalue weighted by Gasteiger charge is -2.38. The SMILES string of the molecule is CCOC(=O)C1=C(CN2CCN(c3ccc(C)cc3)CC2)NC(=O)NC1c1ccccc1OC. The van der Waals surface area contributed by atoms with Crippen LogP contribution in [0.3, 0.4) is 0 Å². The van der Waals surface area contributed by atoms with E-state index in [4.69, 9.17) is 9.47 Å². The van der Waals surface area contributed by atoms with E-state index in [1.165, 1.54) is 11.3 Å². The summed E-state index contributed by atoms with van der Waals surface area (Å²) in [6.07, 6.45) is 0. The van der Waals surface area contributed by atoms with Gasteiger partial charge in [0.1, 0.15) is 5.75 Å². The molecule has 0 saturated carbocycles. The third-order valence-corrected chi connectivity index (χ3v) is 6.25. The molecular formula is C26H32N4O4. The number of hydrogen-bond donors (Lipinski definition) is 2. The molecule has 4 rings (SSSR count). The van der Waals surface area contributed by atoms with E-state index in [9.17, 15) is 9.59 Å². The van der Waals surface area contributed by atoms with Gasteiger partial charge in [-0.1, -0.05) is 35.9 Å². The Bertz CT molecular complexity index is 1060. The number of benzene rings is 2. The number of methoxy groups -OCH3 is 1. The Kier molecular flexibility index (Phi) is 7.37. The molecule has 2 heterocycles. The number of hydrogen-bond acceptors (Lipinski definition) is 6. The minimum Gasteiger partial charge on any atom is -0.496 e. The molecule has 0 radical (unpaired) electrons. The lowest BCUT2D eigenvalue weighted by Crippen LogP contribution is -2.51. The van der Waals surface area contributed by atoms with Gasteiger partial charge in [0.15, 0.2) is 0 Å². The average Bonchev–Trinajstić information content (AvgIpc) is 2.85. The van der Waals surface area contributed by atoms with Gasteiger partial charge >= 0.3 is 12.0 Å². The standard InChI is InChI=1S/C26H32N4O4/c1-4-34-25(31)23-21(27-26(32)28-24(23)20-7-5-6-8-22(20)33-3)17-29-13-15-30(16-14-29)19-11-9-18(2)10-12-19/h5-12,24H,4,13-17H2,1-3H3,(H2,27,28,32). The van der Waals surface area contributed by atoms with Crippen molar-refractivity contribution in [2.24, 2.45) is 0 Å². The van der Waals surface area contributed by atoms with Crippen molar-refractivity contribution in [1.29, 1.82) is 0 Å². The van der Waals surface area contributed by atoms with Crippen molar-refractivity contribution in [2.75, 3.05) is 51.3 Å². The minimum atomic E-state index is -0.659. The monoisotopic (exact) mass is 464 g/mol. The van der Waals surface area contributed by atoms with Gasteiger partial charge in [-0.25, -0.2) is 9.59 Å². The molecule has 34 heavy (non-hydrogen) atoms. The summed E-state index contributed by atoms with van der Waals surface area (Å²) in [5, 5.41) is 5.75. The molecular weight excluding hydrogens is 432 g/mol. The van der Waals surface area contributed by atoms with E-state index < -0.39 is 12.0 Å². The molecule has 8 nitrogen and oxygen atoms in total. The first kappa shape index (κ1) is 23.6. The Morgan fingerprint density at radius 2 is 1.76 bits per heavy atom. The van der Waals surface area contributed by atoms with Crippen LogP contribution in [-0.2, 0) is 9.53 Å². The molecule has 2 N–H and O–H groups in total. The van der Waals surface area contributed by atoms with Crippen LogP contribution in [0.1, 0.15) is 24.1 Å². The van der Waals surface area contributed by atoms with Crippen molar-refractivity contribution in [2.45, 2.75) is 19.9 Å². The maximum absolute atomic E-state index is 13.1. The van der Waals surface area contributed by atoms with Crippen LogP contribution >= 0.6 is 0 Å². The number of ether oxygens (including phenoxy) is 2. The minimum absolute atomic E-state index is 0.247. The second kappa shape index (κ2) is 10.6. The fraction of sp³-hybridized carbons (Fsp3) is 0.385. The normalized spacial score (nSPS) is 18.9. The number of carbonyl (C=O) groups is 2. The zero-order valence-corrected chi connectivity index (χ0v) is 20.0. The van der Waals surface area contributed by atoms with E-state index in [2.05, 4.69) is 51.6 Å². The molecule has 2 amide bonds. The summed E-state index contributed by atoms with van der Waals surface area (Å²) >= 11 is 0. The number of esters is 1. The molecule has 2 aromatic carbocycles. The molecule has 1 fully saturated rings. The third-order valence-electron chi connectivity index (χ3n) is 6.25. The van der Waals surface area contributed by atoms with Gasteiger partial charge in [-0.2, -0.15) is 0 Å². The molecule has 2 aliphatic rings.